The maximum absolute atomic E-state index is 12.4. The number of piperidine rings is 1. The van der Waals surface area contributed by atoms with Crippen LogP contribution in [0.2, 0.25) is 0 Å². The molecule has 2 aliphatic heterocycles. The highest BCUT2D eigenvalue weighted by molar-refractivity contribution is 7.80. The van der Waals surface area contributed by atoms with Crippen molar-refractivity contribution in [1.29, 1.82) is 5.41 Å². The number of urea groups is 1. The zero-order chi connectivity index (χ0) is 18.2. The van der Waals surface area contributed by atoms with E-state index in [0.717, 1.165) is 0 Å². The Balaban J connectivity index is 1.68. The summed E-state index contributed by atoms with van der Waals surface area (Å²) in [5, 5.41) is 11.9. The normalized spacial score (nSPS) is 23.3. The molecule has 0 unspecified atom stereocenters. The minimum atomic E-state index is -4.76. The zero-order valence-corrected chi connectivity index (χ0v) is 14.1. The first-order valence-electron chi connectivity index (χ1n) is 7.80. The number of amidine groups is 1. The number of hydroxylamine groups is 2. The molecule has 1 aromatic heterocycles. The van der Waals surface area contributed by atoms with Gasteiger partial charge in [-0.05, 0) is 19.3 Å². The van der Waals surface area contributed by atoms with E-state index >= 15 is 0 Å². The summed E-state index contributed by atoms with van der Waals surface area (Å²) >= 11 is 0. The van der Waals surface area contributed by atoms with Crippen LogP contribution in [0.4, 0.5) is 4.79 Å². The van der Waals surface area contributed by atoms with E-state index in [1.165, 1.54) is 4.90 Å². The fraction of sp³-hybridized carbons (Fsp3) is 0.615. The van der Waals surface area contributed by atoms with Crippen molar-refractivity contribution in [2.24, 2.45) is 5.73 Å². The molecule has 2 atom stereocenters. The first kappa shape index (κ1) is 17.6. The highest BCUT2D eigenvalue weighted by Gasteiger charge is 2.48. The van der Waals surface area contributed by atoms with E-state index < -0.39 is 22.5 Å². The van der Waals surface area contributed by atoms with E-state index in [9.17, 15) is 13.2 Å². The Hall–Kier alpha value is -2.18. The van der Waals surface area contributed by atoms with Crippen molar-refractivity contribution in [1.82, 2.24) is 15.1 Å². The molecule has 3 rings (SSSR count). The SMILES string of the molecule is N=C(N)CCCc1cc([C@@H]2CC[C@@H]3CN2C(=O)N3OS(=O)(=O)O)no1. The van der Waals surface area contributed by atoms with Crippen molar-refractivity contribution in [3.8, 4) is 0 Å². The smallest absolute Gasteiger partial charge is 0.388 e. The molecular formula is C13H19N5O6S. The molecule has 12 heteroatoms. The van der Waals surface area contributed by atoms with E-state index in [4.69, 9.17) is 20.2 Å². The van der Waals surface area contributed by atoms with Gasteiger partial charge in [0.1, 0.15) is 11.5 Å². The Morgan fingerprint density at radius 1 is 1.52 bits per heavy atom. The number of hydrogen-bond acceptors (Lipinski definition) is 7. The number of aromatic nitrogens is 1. The lowest BCUT2D eigenvalue weighted by atomic mass is 9.98. The van der Waals surface area contributed by atoms with Gasteiger partial charge in [-0.15, -0.1) is 4.28 Å². The first-order chi connectivity index (χ1) is 11.7. The van der Waals surface area contributed by atoms with Crippen molar-refractivity contribution in [2.45, 2.75) is 44.2 Å². The number of hydrogen-bond donors (Lipinski definition) is 3. The summed E-state index contributed by atoms with van der Waals surface area (Å²) in [6, 6.07) is 0.341. The van der Waals surface area contributed by atoms with Gasteiger partial charge in [-0.25, -0.2) is 4.79 Å². The molecule has 2 aliphatic rings. The largest absolute Gasteiger partial charge is 0.418 e. The lowest BCUT2D eigenvalue weighted by Gasteiger charge is -2.28. The third-order valence-corrected chi connectivity index (χ3v) is 4.63. The van der Waals surface area contributed by atoms with E-state index in [-0.39, 0.29) is 18.4 Å². The van der Waals surface area contributed by atoms with Crippen LogP contribution < -0.4 is 5.73 Å². The average Bonchev–Trinajstić information content (AvgIpc) is 3.06. The number of fused-ring (bicyclic) bond motifs is 2. The van der Waals surface area contributed by atoms with Gasteiger partial charge in [0.2, 0.25) is 0 Å². The van der Waals surface area contributed by atoms with Gasteiger partial charge in [0, 0.05) is 25.5 Å². The molecular weight excluding hydrogens is 354 g/mol. The number of carbonyl (C=O) groups excluding carboxylic acids is 1. The first-order valence-corrected chi connectivity index (χ1v) is 9.16. The number of rotatable bonds is 7. The lowest BCUT2D eigenvalue weighted by molar-refractivity contribution is -0.0317. The zero-order valence-electron chi connectivity index (χ0n) is 13.3. The maximum Gasteiger partial charge on any atom is 0.418 e. The molecule has 0 saturated carbocycles. The van der Waals surface area contributed by atoms with E-state index in [2.05, 4.69) is 9.44 Å². The van der Waals surface area contributed by atoms with Crippen LogP contribution in [0.15, 0.2) is 10.6 Å². The van der Waals surface area contributed by atoms with E-state index in [0.29, 0.717) is 48.6 Å². The van der Waals surface area contributed by atoms with Gasteiger partial charge in [-0.3, -0.25) is 9.96 Å². The quantitative estimate of drug-likeness (QED) is 0.355. The predicted molar refractivity (Wildman–Crippen MR) is 83.7 cm³/mol. The summed E-state index contributed by atoms with van der Waals surface area (Å²) in [6.07, 6.45) is 2.78. The summed E-state index contributed by atoms with van der Waals surface area (Å²) in [4.78, 5) is 13.8. The minimum absolute atomic E-state index is 0.111. The number of carbonyl (C=O) groups is 1. The molecule has 2 amide bonds. The van der Waals surface area contributed by atoms with Crippen LogP contribution in [0.25, 0.3) is 0 Å². The Bertz CT molecular complexity index is 778. The number of nitrogens with two attached hydrogens (primary N) is 1. The standard InChI is InChI=1S/C13H19N5O6S/c14-12(15)3-1-2-9-6-10(16-23-9)11-5-4-8-7-17(11)13(19)18(8)24-25(20,21)22/h6,8,11H,1-5,7H2,(H3,14,15)(H,20,21,22)/t8-,11+/m1/s1. The van der Waals surface area contributed by atoms with Gasteiger partial charge in [0.15, 0.2) is 0 Å². The highest BCUT2D eigenvalue weighted by Crippen LogP contribution is 2.38. The Morgan fingerprint density at radius 3 is 2.96 bits per heavy atom. The van der Waals surface area contributed by atoms with Gasteiger partial charge in [-0.1, -0.05) is 5.16 Å². The van der Waals surface area contributed by atoms with Crippen LogP contribution in [-0.4, -0.2) is 52.5 Å². The molecule has 2 fully saturated rings. The van der Waals surface area contributed by atoms with Crippen molar-refractivity contribution >= 4 is 22.3 Å². The summed E-state index contributed by atoms with van der Waals surface area (Å²) in [6.45, 7) is 0.283. The number of amides is 2. The molecule has 0 spiro atoms. The van der Waals surface area contributed by atoms with Crippen molar-refractivity contribution < 1.29 is 26.6 Å². The van der Waals surface area contributed by atoms with Gasteiger partial charge >= 0.3 is 16.4 Å². The third kappa shape index (κ3) is 3.91. The van der Waals surface area contributed by atoms with E-state index in [1.54, 1.807) is 6.07 Å². The minimum Gasteiger partial charge on any atom is -0.388 e. The molecule has 138 valence electrons. The van der Waals surface area contributed by atoms with Gasteiger partial charge in [-0.2, -0.15) is 13.5 Å². The van der Waals surface area contributed by atoms with E-state index in [1.807, 2.05) is 0 Å². The van der Waals surface area contributed by atoms with Crippen LogP contribution in [0.3, 0.4) is 0 Å². The fourth-order valence-electron chi connectivity index (χ4n) is 3.20. The predicted octanol–water partition coefficient (Wildman–Crippen LogP) is 0.609. The number of nitrogens with one attached hydrogen (secondary N) is 1. The van der Waals surface area contributed by atoms with Crippen LogP contribution in [0.5, 0.6) is 0 Å². The fourth-order valence-corrected chi connectivity index (χ4v) is 3.58. The van der Waals surface area contributed by atoms with Crippen LogP contribution >= 0.6 is 0 Å². The Morgan fingerprint density at radius 2 is 2.28 bits per heavy atom. The molecule has 1 aromatic rings. The monoisotopic (exact) mass is 373 g/mol. The molecule has 0 aromatic carbocycles. The summed E-state index contributed by atoms with van der Waals surface area (Å²) in [5.41, 5.74) is 5.89. The molecule has 0 aliphatic carbocycles. The molecule has 2 saturated heterocycles. The third-order valence-electron chi connectivity index (χ3n) is 4.29. The second-order valence-corrected chi connectivity index (χ2v) is 7.11. The molecule has 2 bridgehead atoms. The topological polar surface area (TPSA) is 163 Å². The molecule has 3 heterocycles. The molecule has 25 heavy (non-hydrogen) atoms. The number of aryl methyl sites for hydroxylation is 1. The van der Waals surface area contributed by atoms with Gasteiger partial charge in [0.05, 0.1) is 17.9 Å². The van der Waals surface area contributed by atoms with Crippen molar-refractivity contribution in [3.05, 3.63) is 17.5 Å². The summed E-state index contributed by atoms with van der Waals surface area (Å²) in [5.74, 6) is 0.746. The maximum atomic E-state index is 12.4. The van der Waals surface area contributed by atoms with Crippen LogP contribution in [0, 0.1) is 5.41 Å². The Kier molecular flexibility index (Phi) is 4.67. The second-order valence-electron chi connectivity index (χ2n) is 6.11. The average molecular weight is 373 g/mol. The Labute approximate surface area is 144 Å². The molecule has 4 N–H and O–H groups in total. The molecule has 11 nitrogen and oxygen atoms in total. The van der Waals surface area contributed by atoms with Crippen molar-refractivity contribution in [2.75, 3.05) is 6.54 Å². The summed E-state index contributed by atoms with van der Waals surface area (Å²) in [7, 11) is -4.76. The van der Waals surface area contributed by atoms with Gasteiger partial charge < -0.3 is 15.2 Å². The molecule has 0 radical (unpaired) electrons. The van der Waals surface area contributed by atoms with Crippen LogP contribution in [0.1, 0.15) is 43.2 Å². The number of nitrogens with zero attached hydrogens (tertiary/aromatic N) is 3. The lowest BCUT2D eigenvalue weighted by Crippen LogP contribution is -2.35. The van der Waals surface area contributed by atoms with Crippen molar-refractivity contribution in [3.63, 3.8) is 0 Å². The van der Waals surface area contributed by atoms with Gasteiger partial charge in [0.25, 0.3) is 0 Å². The summed E-state index contributed by atoms with van der Waals surface area (Å²) < 4.78 is 40.3. The van der Waals surface area contributed by atoms with Crippen LogP contribution in [-0.2, 0) is 21.1 Å². The second kappa shape index (κ2) is 6.61. The highest BCUT2D eigenvalue weighted by atomic mass is 32.3.